The Morgan fingerprint density at radius 3 is 2.35 bits per heavy atom. The molecule has 6 heteroatoms. The number of hydrogen-bond donors (Lipinski definition) is 0. The number of ether oxygens (including phenoxy) is 2. The highest BCUT2D eigenvalue weighted by molar-refractivity contribution is 5.98. The van der Waals surface area contributed by atoms with Gasteiger partial charge in [-0.3, -0.25) is 0 Å². The van der Waals surface area contributed by atoms with Crippen LogP contribution < -0.4 is 9.47 Å². The average Bonchev–Trinajstić information content (AvgIpc) is 3.24. The summed E-state index contributed by atoms with van der Waals surface area (Å²) in [5, 5.41) is 10.0. The van der Waals surface area contributed by atoms with Crippen molar-refractivity contribution in [3.05, 3.63) is 84.3 Å². The van der Waals surface area contributed by atoms with Crippen molar-refractivity contribution in [1.82, 2.24) is 14.8 Å². The summed E-state index contributed by atoms with van der Waals surface area (Å²) in [4.78, 5) is 0. The number of pyridine rings is 1. The van der Waals surface area contributed by atoms with Gasteiger partial charge in [-0.1, -0.05) is 30.3 Å². The van der Waals surface area contributed by atoms with E-state index in [0.29, 0.717) is 18.0 Å². The molecule has 5 rings (SSSR count). The maximum absolute atomic E-state index is 13.4. The molecule has 0 N–H and O–H groups in total. The molecule has 0 aromatic heterocycles. The van der Waals surface area contributed by atoms with Gasteiger partial charge in [-0.25, -0.2) is 4.39 Å². The number of methoxy groups -OCH3 is 2. The fourth-order valence-corrected chi connectivity index (χ4v) is 3.90. The van der Waals surface area contributed by atoms with Crippen molar-refractivity contribution in [3.63, 3.8) is 0 Å². The van der Waals surface area contributed by atoms with Crippen LogP contribution in [0.15, 0.2) is 72.9 Å². The lowest BCUT2D eigenvalue weighted by Crippen LogP contribution is -2.04. The van der Waals surface area contributed by atoms with Crippen LogP contribution in [0.25, 0.3) is 33.4 Å². The Bertz CT molecular complexity index is 1350. The minimum Gasteiger partial charge on any atom is -0.493 e. The maximum Gasteiger partial charge on any atom is 0.161 e. The monoisotopic (exact) mass is 413 g/mol. The Kier molecular flexibility index (Phi) is 4.75. The SMILES string of the molecule is COc1ccc(-c2nnc3c4ccccc4n(Cc4ccc(F)cc4)cc2-3)cc1OC. The molecule has 0 amide bonds. The lowest BCUT2D eigenvalue weighted by molar-refractivity contribution is 0.355. The highest BCUT2D eigenvalue weighted by Gasteiger charge is 2.21. The Labute approximate surface area is 179 Å². The third-order valence-corrected chi connectivity index (χ3v) is 5.44. The summed E-state index contributed by atoms with van der Waals surface area (Å²) in [6.45, 7) is 0.604. The van der Waals surface area contributed by atoms with Gasteiger partial charge in [0.25, 0.3) is 0 Å². The van der Waals surface area contributed by atoms with Crippen molar-refractivity contribution in [3.8, 4) is 34.0 Å². The predicted molar refractivity (Wildman–Crippen MR) is 118 cm³/mol. The second kappa shape index (κ2) is 7.72. The number of nitrogens with zero attached hydrogens (tertiary/aromatic N) is 3. The molecule has 0 bridgehead atoms. The maximum atomic E-state index is 13.4. The molecule has 0 saturated carbocycles. The van der Waals surface area contributed by atoms with Gasteiger partial charge in [0.2, 0.25) is 0 Å². The van der Waals surface area contributed by atoms with Crippen LogP contribution in [0.1, 0.15) is 5.56 Å². The zero-order valence-electron chi connectivity index (χ0n) is 17.2. The second-order valence-electron chi connectivity index (χ2n) is 7.28. The molecule has 0 radical (unpaired) electrons. The van der Waals surface area contributed by atoms with Gasteiger partial charge >= 0.3 is 0 Å². The fourth-order valence-electron chi connectivity index (χ4n) is 3.90. The largest absolute Gasteiger partial charge is 0.493 e. The zero-order chi connectivity index (χ0) is 21.4. The molecule has 31 heavy (non-hydrogen) atoms. The number of aromatic nitrogens is 3. The predicted octanol–water partition coefficient (Wildman–Crippen LogP) is 5.41. The minimum atomic E-state index is -0.241. The van der Waals surface area contributed by atoms with Gasteiger partial charge in [-0.05, 0) is 42.0 Å². The summed E-state index contributed by atoms with van der Waals surface area (Å²) >= 11 is 0. The van der Waals surface area contributed by atoms with Gasteiger partial charge < -0.3 is 14.0 Å². The number of para-hydroxylation sites is 1. The first kappa shape index (κ1) is 19.1. The van der Waals surface area contributed by atoms with Gasteiger partial charge in [0.15, 0.2) is 11.5 Å². The smallest absolute Gasteiger partial charge is 0.161 e. The summed E-state index contributed by atoms with van der Waals surface area (Å²) in [6, 6.07) is 20.4. The molecule has 2 heterocycles. The standard InChI is InChI=1S/C25H20FN3O2/c1-30-22-12-9-17(13-23(22)31-2)24-20-15-29(14-16-7-10-18(26)11-8-16)21-6-4-3-5-19(21)25(20)28-27-24/h3-13,15H,14H2,1-2H3. The number of benzene rings is 3. The van der Waals surface area contributed by atoms with Gasteiger partial charge in [-0.2, -0.15) is 0 Å². The third kappa shape index (κ3) is 3.36. The van der Waals surface area contributed by atoms with Crippen molar-refractivity contribution in [2.24, 2.45) is 0 Å². The van der Waals surface area contributed by atoms with Gasteiger partial charge in [0.05, 0.1) is 19.7 Å². The van der Waals surface area contributed by atoms with Crippen molar-refractivity contribution in [1.29, 1.82) is 0 Å². The molecular weight excluding hydrogens is 393 g/mol. The van der Waals surface area contributed by atoms with E-state index in [1.807, 2.05) is 36.4 Å². The van der Waals surface area contributed by atoms with Crippen LogP contribution in [-0.2, 0) is 6.54 Å². The summed E-state index contributed by atoms with van der Waals surface area (Å²) in [7, 11) is 3.22. The molecular formula is C25H20FN3O2. The first-order valence-electron chi connectivity index (χ1n) is 9.89. The van der Waals surface area contributed by atoms with E-state index in [4.69, 9.17) is 9.47 Å². The fraction of sp³-hybridized carbons (Fsp3) is 0.120. The van der Waals surface area contributed by atoms with Crippen LogP contribution in [-0.4, -0.2) is 29.0 Å². The Hall–Kier alpha value is -3.93. The summed E-state index contributed by atoms with van der Waals surface area (Å²) < 4.78 is 26.3. The number of halogens is 1. The van der Waals surface area contributed by atoms with E-state index in [-0.39, 0.29) is 5.82 Å². The van der Waals surface area contributed by atoms with E-state index in [1.165, 1.54) is 12.1 Å². The van der Waals surface area contributed by atoms with Gasteiger partial charge in [0, 0.05) is 29.3 Å². The second-order valence-corrected chi connectivity index (χ2v) is 7.28. The highest BCUT2D eigenvalue weighted by Crippen LogP contribution is 2.39. The minimum absolute atomic E-state index is 0.241. The molecule has 154 valence electrons. The van der Waals surface area contributed by atoms with E-state index >= 15 is 0 Å². The quantitative estimate of drug-likeness (QED) is 0.387. The van der Waals surface area contributed by atoms with E-state index < -0.39 is 0 Å². The molecule has 0 saturated heterocycles. The summed E-state index contributed by atoms with van der Waals surface area (Å²) in [5.74, 6) is 1.05. The van der Waals surface area contributed by atoms with Crippen molar-refractivity contribution >= 4 is 10.9 Å². The third-order valence-electron chi connectivity index (χ3n) is 5.44. The molecule has 5 nitrogen and oxygen atoms in total. The van der Waals surface area contributed by atoms with Crippen LogP contribution in [0.3, 0.4) is 0 Å². The number of hydrogen-bond acceptors (Lipinski definition) is 4. The number of rotatable bonds is 5. The van der Waals surface area contributed by atoms with Crippen LogP contribution in [0, 0.1) is 5.82 Å². The number of fused-ring (bicyclic) bond motifs is 3. The molecule has 0 aliphatic carbocycles. The van der Waals surface area contributed by atoms with Gasteiger partial charge in [-0.15, -0.1) is 10.2 Å². The zero-order valence-corrected chi connectivity index (χ0v) is 17.2. The Balaban J connectivity index is 1.68. The topological polar surface area (TPSA) is 49.2 Å². The van der Waals surface area contributed by atoms with E-state index in [2.05, 4.69) is 27.0 Å². The Morgan fingerprint density at radius 1 is 0.839 bits per heavy atom. The van der Waals surface area contributed by atoms with Crippen molar-refractivity contribution < 1.29 is 13.9 Å². The molecule has 0 atom stereocenters. The Morgan fingerprint density at radius 2 is 1.58 bits per heavy atom. The van der Waals surface area contributed by atoms with Crippen molar-refractivity contribution in [2.75, 3.05) is 14.2 Å². The van der Waals surface area contributed by atoms with Crippen LogP contribution in [0.5, 0.6) is 11.5 Å². The normalized spacial score (nSPS) is 11.2. The van der Waals surface area contributed by atoms with Crippen molar-refractivity contribution in [2.45, 2.75) is 6.54 Å². The van der Waals surface area contributed by atoms with Crippen LogP contribution in [0.4, 0.5) is 4.39 Å². The summed E-state index contributed by atoms with van der Waals surface area (Å²) in [5.41, 5.74) is 5.50. The molecule has 0 fully saturated rings. The molecule has 0 spiro atoms. The molecule has 3 aromatic rings. The van der Waals surface area contributed by atoms with E-state index in [1.54, 1.807) is 26.4 Å². The summed E-state index contributed by atoms with van der Waals surface area (Å²) in [6.07, 6.45) is 2.06. The molecule has 2 aliphatic rings. The van der Waals surface area contributed by atoms with Crippen LogP contribution >= 0.6 is 0 Å². The van der Waals surface area contributed by atoms with E-state index in [0.717, 1.165) is 39.0 Å². The lowest BCUT2D eigenvalue weighted by Gasteiger charge is -2.15. The molecule has 2 aliphatic heterocycles. The average molecular weight is 413 g/mol. The van der Waals surface area contributed by atoms with Crippen LogP contribution in [0.2, 0.25) is 0 Å². The van der Waals surface area contributed by atoms with E-state index in [9.17, 15) is 4.39 Å². The first-order valence-corrected chi connectivity index (χ1v) is 9.89. The molecule has 0 unspecified atom stereocenters. The first-order chi connectivity index (χ1) is 15.2. The van der Waals surface area contributed by atoms with Gasteiger partial charge in [0.1, 0.15) is 17.2 Å². The lowest BCUT2D eigenvalue weighted by atomic mass is 10.0. The molecule has 3 aromatic carbocycles. The highest BCUT2D eigenvalue weighted by atomic mass is 19.1.